The predicted molar refractivity (Wildman–Crippen MR) is 81.4 cm³/mol. The Morgan fingerprint density at radius 2 is 2.00 bits per heavy atom. The number of carbonyl (C=O) groups excluding carboxylic acids is 1. The van der Waals surface area contributed by atoms with Crippen molar-refractivity contribution >= 4 is 5.91 Å². The third-order valence-corrected chi connectivity index (χ3v) is 3.51. The molecule has 1 N–H and O–H groups in total. The molecule has 1 aromatic carbocycles. The summed E-state index contributed by atoms with van der Waals surface area (Å²) in [5.41, 5.74) is 1.87. The Morgan fingerprint density at radius 3 is 2.55 bits per heavy atom. The Hall–Kier alpha value is -2.50. The number of hydrogen-bond acceptors (Lipinski definition) is 5. The van der Waals surface area contributed by atoms with Crippen LogP contribution in [0.25, 0.3) is 0 Å². The van der Waals surface area contributed by atoms with Crippen molar-refractivity contribution in [1.29, 1.82) is 0 Å². The fourth-order valence-electron chi connectivity index (χ4n) is 2.33. The number of aromatic nitrogens is 1. The van der Waals surface area contributed by atoms with Crippen molar-refractivity contribution in [1.82, 2.24) is 10.5 Å². The van der Waals surface area contributed by atoms with Crippen molar-refractivity contribution in [2.45, 2.75) is 26.8 Å². The first-order valence-electron chi connectivity index (χ1n) is 6.93. The van der Waals surface area contributed by atoms with Gasteiger partial charge in [0, 0.05) is 5.56 Å². The number of carbonyl (C=O) groups is 1. The first-order chi connectivity index (χ1) is 10.5. The van der Waals surface area contributed by atoms with Crippen LogP contribution < -0.4 is 14.8 Å². The maximum absolute atomic E-state index is 12.4. The van der Waals surface area contributed by atoms with Crippen LogP contribution in [0.4, 0.5) is 0 Å². The van der Waals surface area contributed by atoms with Gasteiger partial charge in [-0.3, -0.25) is 4.79 Å². The molecule has 0 fully saturated rings. The van der Waals surface area contributed by atoms with Crippen molar-refractivity contribution < 1.29 is 18.8 Å². The quantitative estimate of drug-likeness (QED) is 0.919. The molecule has 1 atom stereocenters. The number of amides is 1. The predicted octanol–water partition coefficient (Wildman–Crippen LogP) is 2.80. The van der Waals surface area contributed by atoms with Gasteiger partial charge in [-0.1, -0.05) is 5.16 Å². The fraction of sp³-hybridized carbons (Fsp3) is 0.375. The molecule has 2 aromatic rings. The third-order valence-electron chi connectivity index (χ3n) is 3.51. The molecule has 0 aliphatic heterocycles. The first kappa shape index (κ1) is 15.9. The van der Waals surface area contributed by atoms with Gasteiger partial charge in [-0.15, -0.1) is 0 Å². The lowest BCUT2D eigenvalue weighted by Gasteiger charge is -2.18. The van der Waals surface area contributed by atoms with Gasteiger partial charge < -0.3 is 19.3 Å². The Balaban J connectivity index is 2.25. The van der Waals surface area contributed by atoms with Crippen LogP contribution >= 0.6 is 0 Å². The van der Waals surface area contributed by atoms with Gasteiger partial charge in [0.1, 0.15) is 22.8 Å². The molecule has 6 heteroatoms. The zero-order chi connectivity index (χ0) is 16.3. The molecule has 1 aromatic heterocycles. The normalized spacial score (nSPS) is 11.9. The van der Waals surface area contributed by atoms with Crippen molar-refractivity contribution in [3.63, 3.8) is 0 Å². The highest BCUT2D eigenvalue weighted by Gasteiger charge is 2.21. The van der Waals surface area contributed by atoms with E-state index in [-0.39, 0.29) is 11.9 Å². The molecule has 0 aliphatic carbocycles. The Morgan fingerprint density at radius 1 is 1.27 bits per heavy atom. The molecule has 1 heterocycles. The second-order valence-corrected chi connectivity index (χ2v) is 5.00. The summed E-state index contributed by atoms with van der Waals surface area (Å²) in [6, 6.07) is 5.21. The van der Waals surface area contributed by atoms with Gasteiger partial charge in [0.05, 0.1) is 26.0 Å². The maximum Gasteiger partial charge on any atom is 0.257 e. The minimum atomic E-state index is -0.258. The standard InChI is InChI=1S/C16H20N2O4/c1-9(13-8-12(20-4)6-7-14(13)21-5)17-16(19)15-10(2)18-22-11(15)3/h6-9H,1-5H3,(H,17,19)/t9-/m1/s1. The van der Waals surface area contributed by atoms with Gasteiger partial charge in [0.2, 0.25) is 0 Å². The van der Waals surface area contributed by atoms with Crippen molar-refractivity contribution in [3.05, 3.63) is 40.8 Å². The Labute approximate surface area is 129 Å². The van der Waals surface area contributed by atoms with E-state index < -0.39 is 0 Å². The highest BCUT2D eigenvalue weighted by molar-refractivity contribution is 5.96. The van der Waals surface area contributed by atoms with Gasteiger partial charge in [-0.2, -0.15) is 0 Å². The molecular weight excluding hydrogens is 284 g/mol. The molecule has 0 radical (unpaired) electrons. The molecule has 6 nitrogen and oxygen atoms in total. The van der Waals surface area contributed by atoms with Crippen LogP contribution in [0.5, 0.6) is 11.5 Å². The number of nitrogens with one attached hydrogen (secondary N) is 1. The topological polar surface area (TPSA) is 73.6 Å². The molecule has 1 amide bonds. The van der Waals surface area contributed by atoms with Gasteiger partial charge in [-0.05, 0) is 39.0 Å². The number of methoxy groups -OCH3 is 2. The van der Waals surface area contributed by atoms with E-state index in [0.717, 1.165) is 5.56 Å². The second-order valence-electron chi connectivity index (χ2n) is 5.00. The highest BCUT2D eigenvalue weighted by atomic mass is 16.5. The fourth-order valence-corrected chi connectivity index (χ4v) is 2.33. The van der Waals surface area contributed by atoms with Crippen LogP contribution in [0, 0.1) is 13.8 Å². The number of ether oxygens (including phenoxy) is 2. The molecule has 0 saturated heterocycles. The Kier molecular flexibility index (Phi) is 4.70. The summed E-state index contributed by atoms with van der Waals surface area (Å²) in [7, 11) is 3.19. The largest absolute Gasteiger partial charge is 0.497 e. The third kappa shape index (κ3) is 3.05. The van der Waals surface area contributed by atoms with E-state index in [4.69, 9.17) is 14.0 Å². The van der Waals surface area contributed by atoms with E-state index in [1.54, 1.807) is 28.1 Å². The smallest absolute Gasteiger partial charge is 0.257 e. The average molecular weight is 304 g/mol. The zero-order valence-corrected chi connectivity index (χ0v) is 13.4. The summed E-state index contributed by atoms with van der Waals surface area (Å²) in [4.78, 5) is 12.4. The van der Waals surface area contributed by atoms with Crippen molar-refractivity contribution in [2.24, 2.45) is 0 Å². The van der Waals surface area contributed by atoms with E-state index in [9.17, 15) is 4.79 Å². The van der Waals surface area contributed by atoms with E-state index in [0.29, 0.717) is 28.5 Å². The molecule has 0 saturated carbocycles. The van der Waals surface area contributed by atoms with Crippen LogP contribution in [0.2, 0.25) is 0 Å². The molecule has 2 rings (SSSR count). The van der Waals surface area contributed by atoms with Crippen LogP contribution in [0.3, 0.4) is 0 Å². The van der Waals surface area contributed by atoms with Gasteiger partial charge in [0.15, 0.2) is 0 Å². The van der Waals surface area contributed by atoms with E-state index in [1.807, 2.05) is 25.1 Å². The zero-order valence-electron chi connectivity index (χ0n) is 13.4. The Bertz CT molecular complexity index is 659. The summed E-state index contributed by atoms with van der Waals surface area (Å²) >= 11 is 0. The average Bonchev–Trinajstić information content (AvgIpc) is 2.85. The maximum atomic E-state index is 12.4. The molecule has 0 unspecified atom stereocenters. The summed E-state index contributed by atoms with van der Waals surface area (Å²) in [5, 5.41) is 6.73. The summed E-state index contributed by atoms with van der Waals surface area (Å²) in [6.07, 6.45) is 0. The van der Waals surface area contributed by atoms with E-state index >= 15 is 0 Å². The molecule has 0 bridgehead atoms. The number of hydrogen-bond donors (Lipinski definition) is 1. The lowest BCUT2D eigenvalue weighted by atomic mass is 10.1. The summed E-state index contributed by atoms with van der Waals surface area (Å²) < 4.78 is 15.6. The van der Waals surface area contributed by atoms with E-state index in [1.165, 1.54) is 0 Å². The molecular formula is C16H20N2O4. The lowest BCUT2D eigenvalue weighted by molar-refractivity contribution is 0.0937. The van der Waals surface area contributed by atoms with Crippen LogP contribution in [-0.2, 0) is 0 Å². The number of aryl methyl sites for hydroxylation is 2. The van der Waals surface area contributed by atoms with Crippen molar-refractivity contribution in [2.75, 3.05) is 14.2 Å². The van der Waals surface area contributed by atoms with Crippen LogP contribution in [-0.4, -0.2) is 25.3 Å². The molecule has 22 heavy (non-hydrogen) atoms. The van der Waals surface area contributed by atoms with Gasteiger partial charge in [0.25, 0.3) is 5.91 Å². The summed E-state index contributed by atoms with van der Waals surface area (Å²) in [6.45, 7) is 5.33. The number of nitrogens with zero attached hydrogens (tertiary/aromatic N) is 1. The van der Waals surface area contributed by atoms with Gasteiger partial charge >= 0.3 is 0 Å². The van der Waals surface area contributed by atoms with Gasteiger partial charge in [-0.25, -0.2) is 0 Å². The van der Waals surface area contributed by atoms with Crippen LogP contribution in [0.1, 0.15) is 40.3 Å². The minimum Gasteiger partial charge on any atom is -0.497 e. The SMILES string of the molecule is COc1ccc(OC)c([C@@H](C)NC(=O)c2c(C)noc2C)c1. The van der Waals surface area contributed by atoms with E-state index in [2.05, 4.69) is 10.5 Å². The minimum absolute atomic E-state index is 0.228. The molecule has 0 spiro atoms. The number of rotatable bonds is 5. The van der Waals surface area contributed by atoms with Crippen LogP contribution in [0.15, 0.2) is 22.7 Å². The number of benzene rings is 1. The molecule has 118 valence electrons. The van der Waals surface area contributed by atoms with Crippen molar-refractivity contribution in [3.8, 4) is 11.5 Å². The summed E-state index contributed by atoms with van der Waals surface area (Å²) in [5.74, 6) is 1.66. The first-order valence-corrected chi connectivity index (χ1v) is 6.93. The monoisotopic (exact) mass is 304 g/mol. The molecule has 0 aliphatic rings. The lowest BCUT2D eigenvalue weighted by Crippen LogP contribution is -2.27. The highest BCUT2D eigenvalue weighted by Crippen LogP contribution is 2.29. The second kappa shape index (κ2) is 6.51.